The Morgan fingerprint density at radius 2 is 2.00 bits per heavy atom. The number of aromatic nitrogens is 4. The van der Waals surface area contributed by atoms with Gasteiger partial charge in [-0.2, -0.15) is 5.10 Å². The highest BCUT2D eigenvalue weighted by atomic mass is 15.3. The lowest BCUT2D eigenvalue weighted by Crippen LogP contribution is -2.16. The summed E-state index contributed by atoms with van der Waals surface area (Å²) in [6.45, 7) is 6.95. The molecule has 0 unspecified atom stereocenters. The van der Waals surface area contributed by atoms with E-state index >= 15 is 0 Å². The molecule has 1 N–H and O–H groups in total. The predicted octanol–water partition coefficient (Wildman–Crippen LogP) is 1.84. The van der Waals surface area contributed by atoms with Crippen LogP contribution in [0.4, 0.5) is 0 Å². The third kappa shape index (κ3) is 2.51. The standard InChI is InChI=1S/C14H19N5/c1-9-10(2)18-19(11(9)3)14-8-16-13(7-17-14)6-15-12-4-5-12/h7-8,12,15H,4-6H2,1-3H3. The fourth-order valence-electron chi connectivity index (χ4n) is 2.03. The molecule has 1 fully saturated rings. The van der Waals surface area contributed by atoms with Gasteiger partial charge in [-0.15, -0.1) is 0 Å². The van der Waals surface area contributed by atoms with Crippen LogP contribution in [0.25, 0.3) is 5.82 Å². The van der Waals surface area contributed by atoms with E-state index in [4.69, 9.17) is 0 Å². The maximum absolute atomic E-state index is 4.49. The molecule has 0 aliphatic heterocycles. The molecule has 1 aliphatic carbocycles. The lowest BCUT2D eigenvalue weighted by atomic mass is 10.2. The van der Waals surface area contributed by atoms with Gasteiger partial charge in [0, 0.05) is 18.3 Å². The molecule has 0 radical (unpaired) electrons. The van der Waals surface area contributed by atoms with Crippen LogP contribution < -0.4 is 5.32 Å². The molecule has 1 saturated carbocycles. The summed E-state index contributed by atoms with van der Waals surface area (Å²) in [5.41, 5.74) is 4.35. The zero-order valence-electron chi connectivity index (χ0n) is 11.6. The Kier molecular flexibility index (Phi) is 3.06. The molecule has 2 aromatic heterocycles. The van der Waals surface area contributed by atoms with Gasteiger partial charge in [-0.1, -0.05) is 0 Å². The molecule has 0 spiro atoms. The number of aryl methyl sites for hydroxylation is 1. The van der Waals surface area contributed by atoms with E-state index in [-0.39, 0.29) is 0 Å². The fourth-order valence-corrected chi connectivity index (χ4v) is 2.03. The van der Waals surface area contributed by atoms with Crippen LogP contribution in [0.1, 0.15) is 35.5 Å². The van der Waals surface area contributed by atoms with Crippen LogP contribution in [0.5, 0.6) is 0 Å². The first-order valence-corrected chi connectivity index (χ1v) is 6.72. The molecule has 0 saturated heterocycles. The van der Waals surface area contributed by atoms with Gasteiger partial charge in [0.05, 0.1) is 23.8 Å². The Morgan fingerprint density at radius 1 is 1.21 bits per heavy atom. The molecule has 0 aromatic carbocycles. The molecule has 1 aliphatic rings. The Morgan fingerprint density at radius 3 is 2.53 bits per heavy atom. The number of nitrogens with one attached hydrogen (secondary N) is 1. The van der Waals surface area contributed by atoms with Crippen LogP contribution in [-0.2, 0) is 6.54 Å². The first kappa shape index (κ1) is 12.3. The SMILES string of the molecule is Cc1nn(-c2cnc(CNC3CC3)cn2)c(C)c1C. The van der Waals surface area contributed by atoms with E-state index in [2.05, 4.69) is 34.2 Å². The van der Waals surface area contributed by atoms with Gasteiger partial charge in [0.1, 0.15) is 0 Å². The molecular weight excluding hydrogens is 238 g/mol. The summed E-state index contributed by atoms with van der Waals surface area (Å²) < 4.78 is 1.86. The highest BCUT2D eigenvalue weighted by molar-refractivity contribution is 5.30. The maximum Gasteiger partial charge on any atom is 0.172 e. The van der Waals surface area contributed by atoms with Crippen LogP contribution in [0.3, 0.4) is 0 Å². The minimum Gasteiger partial charge on any atom is -0.308 e. The zero-order valence-corrected chi connectivity index (χ0v) is 11.6. The lowest BCUT2D eigenvalue weighted by Gasteiger charge is -2.05. The van der Waals surface area contributed by atoms with Gasteiger partial charge in [-0.3, -0.25) is 4.98 Å². The summed E-state index contributed by atoms with van der Waals surface area (Å²) in [5.74, 6) is 0.781. The van der Waals surface area contributed by atoms with E-state index in [0.717, 1.165) is 29.4 Å². The van der Waals surface area contributed by atoms with Gasteiger partial charge in [-0.25, -0.2) is 9.67 Å². The topological polar surface area (TPSA) is 55.6 Å². The van der Waals surface area contributed by atoms with Gasteiger partial charge in [-0.05, 0) is 39.2 Å². The molecule has 2 aromatic rings. The minimum atomic E-state index is 0.695. The van der Waals surface area contributed by atoms with E-state index in [1.807, 2.05) is 17.8 Å². The molecule has 100 valence electrons. The van der Waals surface area contributed by atoms with Crippen molar-refractivity contribution in [2.45, 2.75) is 46.2 Å². The molecular formula is C14H19N5. The fraction of sp³-hybridized carbons (Fsp3) is 0.500. The van der Waals surface area contributed by atoms with Crippen LogP contribution >= 0.6 is 0 Å². The summed E-state index contributed by atoms with van der Waals surface area (Å²) in [7, 11) is 0. The Hall–Kier alpha value is -1.75. The average Bonchev–Trinajstić information content (AvgIpc) is 3.21. The Balaban J connectivity index is 1.78. The lowest BCUT2D eigenvalue weighted by molar-refractivity contribution is 0.669. The maximum atomic E-state index is 4.49. The number of hydrogen-bond donors (Lipinski definition) is 1. The zero-order chi connectivity index (χ0) is 13.4. The smallest absolute Gasteiger partial charge is 0.172 e. The predicted molar refractivity (Wildman–Crippen MR) is 73.2 cm³/mol. The Bertz CT molecular complexity index is 581. The number of hydrogen-bond acceptors (Lipinski definition) is 4. The molecule has 0 atom stereocenters. The van der Waals surface area contributed by atoms with Crippen LogP contribution in [-0.4, -0.2) is 25.8 Å². The normalized spacial score (nSPS) is 14.9. The molecule has 5 nitrogen and oxygen atoms in total. The highest BCUT2D eigenvalue weighted by Crippen LogP contribution is 2.19. The third-order valence-corrected chi connectivity index (χ3v) is 3.71. The molecule has 19 heavy (non-hydrogen) atoms. The van der Waals surface area contributed by atoms with Crippen molar-refractivity contribution in [3.8, 4) is 5.82 Å². The van der Waals surface area contributed by atoms with E-state index in [1.165, 1.54) is 18.4 Å². The van der Waals surface area contributed by atoms with Crippen molar-refractivity contribution >= 4 is 0 Å². The van der Waals surface area contributed by atoms with Crippen molar-refractivity contribution < 1.29 is 0 Å². The van der Waals surface area contributed by atoms with Crippen molar-refractivity contribution in [1.82, 2.24) is 25.1 Å². The quantitative estimate of drug-likeness (QED) is 0.908. The van der Waals surface area contributed by atoms with Crippen molar-refractivity contribution in [2.75, 3.05) is 0 Å². The highest BCUT2D eigenvalue weighted by Gasteiger charge is 2.20. The average molecular weight is 257 g/mol. The largest absolute Gasteiger partial charge is 0.308 e. The van der Waals surface area contributed by atoms with Gasteiger partial charge in [0.15, 0.2) is 5.82 Å². The van der Waals surface area contributed by atoms with Crippen molar-refractivity contribution in [3.05, 3.63) is 35.0 Å². The van der Waals surface area contributed by atoms with E-state index < -0.39 is 0 Å². The second kappa shape index (κ2) is 4.74. The molecule has 2 heterocycles. The van der Waals surface area contributed by atoms with Gasteiger partial charge >= 0.3 is 0 Å². The van der Waals surface area contributed by atoms with Crippen LogP contribution in [0.2, 0.25) is 0 Å². The second-order valence-corrected chi connectivity index (χ2v) is 5.23. The van der Waals surface area contributed by atoms with Crippen molar-refractivity contribution in [2.24, 2.45) is 0 Å². The first-order valence-electron chi connectivity index (χ1n) is 6.72. The van der Waals surface area contributed by atoms with E-state index in [9.17, 15) is 0 Å². The second-order valence-electron chi connectivity index (χ2n) is 5.23. The molecule has 0 amide bonds. The van der Waals surface area contributed by atoms with Gasteiger partial charge < -0.3 is 5.32 Å². The van der Waals surface area contributed by atoms with Gasteiger partial charge in [0.25, 0.3) is 0 Å². The van der Waals surface area contributed by atoms with Crippen LogP contribution in [0.15, 0.2) is 12.4 Å². The molecule has 3 rings (SSSR count). The summed E-state index contributed by atoms with van der Waals surface area (Å²) >= 11 is 0. The first-order chi connectivity index (χ1) is 9.15. The third-order valence-electron chi connectivity index (χ3n) is 3.71. The molecule has 0 bridgehead atoms. The summed E-state index contributed by atoms with van der Waals surface area (Å²) in [5, 5.41) is 7.92. The van der Waals surface area contributed by atoms with E-state index in [1.54, 1.807) is 6.20 Å². The number of nitrogens with zero attached hydrogens (tertiary/aromatic N) is 4. The summed E-state index contributed by atoms with van der Waals surface area (Å²) in [4.78, 5) is 8.91. The molecule has 5 heteroatoms. The minimum absolute atomic E-state index is 0.695. The van der Waals surface area contributed by atoms with E-state index in [0.29, 0.717) is 6.04 Å². The number of rotatable bonds is 4. The Labute approximate surface area is 113 Å². The summed E-state index contributed by atoms with van der Waals surface area (Å²) in [6, 6.07) is 0.695. The van der Waals surface area contributed by atoms with Crippen molar-refractivity contribution in [1.29, 1.82) is 0 Å². The summed E-state index contributed by atoms with van der Waals surface area (Å²) in [6.07, 6.45) is 6.20. The van der Waals surface area contributed by atoms with Crippen LogP contribution in [0, 0.1) is 20.8 Å². The van der Waals surface area contributed by atoms with Crippen molar-refractivity contribution in [3.63, 3.8) is 0 Å². The van der Waals surface area contributed by atoms with Gasteiger partial charge in [0.2, 0.25) is 0 Å². The monoisotopic (exact) mass is 257 g/mol.